The third-order valence-electron chi connectivity index (χ3n) is 5.92. The first-order chi connectivity index (χ1) is 15.5. The Morgan fingerprint density at radius 2 is 1.69 bits per heavy atom. The van der Waals surface area contributed by atoms with Crippen molar-refractivity contribution in [1.29, 1.82) is 0 Å². The molecule has 178 valence electrons. The molecule has 0 spiro atoms. The van der Waals surface area contributed by atoms with Gasteiger partial charge in [-0.3, -0.25) is 0 Å². The fraction of sp³-hybridized carbons (Fsp3) is 0.556. The van der Waals surface area contributed by atoms with E-state index in [-0.39, 0.29) is 0 Å². The minimum Gasteiger partial charge on any atom is -0.493 e. The Kier molecular flexibility index (Phi) is 11.3. The van der Waals surface area contributed by atoms with E-state index in [0.29, 0.717) is 5.25 Å². The van der Waals surface area contributed by atoms with Gasteiger partial charge >= 0.3 is 0 Å². The van der Waals surface area contributed by atoms with E-state index < -0.39 is 0 Å². The summed E-state index contributed by atoms with van der Waals surface area (Å²) in [6.45, 7) is 8.36. The Morgan fingerprint density at radius 1 is 1.00 bits per heavy atom. The van der Waals surface area contributed by atoms with Gasteiger partial charge in [0, 0.05) is 24.0 Å². The van der Waals surface area contributed by atoms with Crippen molar-refractivity contribution in [3.05, 3.63) is 52.6 Å². The summed E-state index contributed by atoms with van der Waals surface area (Å²) in [5.74, 6) is 2.95. The molecule has 1 unspecified atom stereocenters. The van der Waals surface area contributed by atoms with Gasteiger partial charge in [0.1, 0.15) is 0 Å². The summed E-state index contributed by atoms with van der Waals surface area (Å²) in [4.78, 5) is 2.31. The first kappa shape index (κ1) is 26.4. The Bertz CT molecular complexity index is 841. The van der Waals surface area contributed by atoms with Crippen molar-refractivity contribution in [2.24, 2.45) is 0 Å². The number of fused-ring (bicyclic) bond motifs is 2. The van der Waals surface area contributed by atoms with Gasteiger partial charge in [-0.05, 0) is 85.0 Å². The predicted molar refractivity (Wildman–Crippen MR) is 140 cm³/mol. The zero-order valence-electron chi connectivity index (χ0n) is 20.9. The van der Waals surface area contributed by atoms with Crippen molar-refractivity contribution >= 4 is 17.4 Å². The van der Waals surface area contributed by atoms with Crippen LogP contribution in [0, 0.1) is 0 Å². The van der Waals surface area contributed by atoms with Crippen molar-refractivity contribution in [1.82, 2.24) is 4.90 Å². The SMILES string of the molecule is CC.CCCCSC1CCc2ccc(N)cc21.COc1cc2c(cc1OC)CN(C)CC2. The van der Waals surface area contributed by atoms with Crippen LogP contribution in [0.4, 0.5) is 5.69 Å². The van der Waals surface area contributed by atoms with Crippen LogP contribution in [0.3, 0.4) is 0 Å². The first-order valence-electron chi connectivity index (χ1n) is 12.0. The van der Waals surface area contributed by atoms with Crippen molar-refractivity contribution in [2.75, 3.05) is 39.3 Å². The molecular weight excluding hydrogens is 416 g/mol. The Labute approximate surface area is 199 Å². The maximum Gasteiger partial charge on any atom is 0.161 e. The van der Waals surface area contributed by atoms with Crippen LogP contribution in [-0.4, -0.2) is 38.5 Å². The van der Waals surface area contributed by atoms with Gasteiger partial charge in [-0.15, -0.1) is 0 Å². The molecule has 0 bridgehead atoms. The van der Waals surface area contributed by atoms with Gasteiger partial charge in [-0.1, -0.05) is 33.3 Å². The van der Waals surface area contributed by atoms with Crippen LogP contribution in [-0.2, 0) is 19.4 Å². The molecular formula is C27H42N2O2S. The molecule has 0 aromatic heterocycles. The second kappa shape index (κ2) is 13.6. The van der Waals surface area contributed by atoms with Crippen LogP contribution >= 0.6 is 11.8 Å². The van der Waals surface area contributed by atoms with Crippen molar-refractivity contribution in [2.45, 2.75) is 64.7 Å². The van der Waals surface area contributed by atoms with E-state index in [1.54, 1.807) is 14.2 Å². The number of rotatable bonds is 6. The number of unbranched alkanes of at least 4 members (excludes halogenated alkanes) is 1. The number of benzene rings is 2. The van der Waals surface area contributed by atoms with Crippen LogP contribution in [0.15, 0.2) is 30.3 Å². The molecule has 1 aliphatic carbocycles. The van der Waals surface area contributed by atoms with Crippen LogP contribution in [0.1, 0.15) is 67.5 Å². The van der Waals surface area contributed by atoms with E-state index in [4.69, 9.17) is 15.2 Å². The third kappa shape index (κ3) is 7.08. The summed E-state index contributed by atoms with van der Waals surface area (Å²) in [5.41, 5.74) is 12.5. The number of methoxy groups -OCH3 is 2. The second-order valence-corrected chi connectivity index (χ2v) is 9.48. The number of nitrogens with two attached hydrogens (primary N) is 1. The zero-order chi connectivity index (χ0) is 23.5. The van der Waals surface area contributed by atoms with Crippen molar-refractivity contribution in [3.63, 3.8) is 0 Å². The van der Waals surface area contributed by atoms with Crippen LogP contribution in [0.5, 0.6) is 11.5 Å². The quantitative estimate of drug-likeness (QED) is 0.395. The number of ether oxygens (including phenoxy) is 2. The van der Waals surface area contributed by atoms with E-state index in [1.165, 1.54) is 53.7 Å². The molecule has 0 amide bonds. The number of hydrogen-bond acceptors (Lipinski definition) is 5. The number of nitrogen functional groups attached to an aromatic ring is 1. The standard InChI is InChI=1S/C13H19NS.C12H17NO2.C2H6/c1-2-3-8-15-13-7-5-10-4-6-11(14)9-12(10)13;1-13-5-4-9-6-11(14-2)12(15-3)7-10(9)8-13;1-2/h4,6,9,13H,2-3,5,7-8,14H2,1H3;6-7H,4-5,8H2,1-3H3;1-2H3. The Balaban J connectivity index is 0.000000211. The van der Waals surface area contributed by atoms with Crippen LogP contribution in [0.2, 0.25) is 0 Å². The first-order valence-corrected chi connectivity index (χ1v) is 13.0. The minimum absolute atomic E-state index is 0.704. The monoisotopic (exact) mass is 458 g/mol. The lowest BCUT2D eigenvalue weighted by atomic mass is 9.99. The maximum absolute atomic E-state index is 5.84. The third-order valence-corrected chi connectivity index (χ3v) is 7.33. The molecule has 0 fully saturated rings. The number of hydrogen-bond donors (Lipinski definition) is 1. The summed E-state index contributed by atoms with van der Waals surface area (Å²) in [7, 11) is 5.50. The molecule has 4 rings (SSSR count). The van der Waals surface area contributed by atoms with Crippen LogP contribution in [0.25, 0.3) is 0 Å². The van der Waals surface area contributed by atoms with E-state index in [2.05, 4.69) is 54.9 Å². The van der Waals surface area contributed by atoms with E-state index >= 15 is 0 Å². The van der Waals surface area contributed by atoms with E-state index in [1.807, 2.05) is 19.9 Å². The van der Waals surface area contributed by atoms with Gasteiger partial charge in [-0.25, -0.2) is 0 Å². The molecule has 5 heteroatoms. The molecule has 1 heterocycles. The lowest BCUT2D eigenvalue weighted by Gasteiger charge is -2.26. The number of aryl methyl sites for hydroxylation is 1. The normalized spacial score (nSPS) is 16.6. The molecule has 1 atom stereocenters. The second-order valence-electron chi connectivity index (χ2n) is 8.17. The Hall–Kier alpha value is -1.85. The molecule has 0 saturated heterocycles. The van der Waals surface area contributed by atoms with Gasteiger partial charge in [0.2, 0.25) is 0 Å². The summed E-state index contributed by atoms with van der Waals surface area (Å²) in [5, 5.41) is 0.704. The fourth-order valence-corrected chi connectivity index (χ4v) is 5.57. The smallest absolute Gasteiger partial charge is 0.161 e. The highest BCUT2D eigenvalue weighted by Crippen LogP contribution is 2.42. The molecule has 0 saturated carbocycles. The molecule has 2 N–H and O–H groups in total. The average Bonchev–Trinajstić information content (AvgIpc) is 3.22. The molecule has 2 aliphatic rings. The average molecular weight is 459 g/mol. The van der Waals surface area contributed by atoms with Gasteiger partial charge < -0.3 is 20.1 Å². The van der Waals surface area contributed by atoms with E-state index in [0.717, 1.165) is 36.7 Å². The summed E-state index contributed by atoms with van der Waals surface area (Å²) >= 11 is 2.10. The number of anilines is 1. The molecule has 4 nitrogen and oxygen atoms in total. The van der Waals surface area contributed by atoms with Crippen molar-refractivity contribution < 1.29 is 9.47 Å². The topological polar surface area (TPSA) is 47.7 Å². The molecule has 0 radical (unpaired) electrons. The molecule has 32 heavy (non-hydrogen) atoms. The van der Waals surface area contributed by atoms with Gasteiger partial charge in [0.15, 0.2) is 11.5 Å². The lowest BCUT2D eigenvalue weighted by molar-refractivity contribution is 0.308. The summed E-state index contributed by atoms with van der Waals surface area (Å²) in [6.07, 6.45) is 6.25. The minimum atomic E-state index is 0.704. The van der Waals surface area contributed by atoms with Gasteiger partial charge in [0.25, 0.3) is 0 Å². The summed E-state index contributed by atoms with van der Waals surface area (Å²) < 4.78 is 10.6. The largest absolute Gasteiger partial charge is 0.493 e. The van der Waals surface area contributed by atoms with Gasteiger partial charge in [-0.2, -0.15) is 11.8 Å². The van der Waals surface area contributed by atoms with Crippen molar-refractivity contribution in [3.8, 4) is 11.5 Å². The number of likely N-dealkylation sites (N-methyl/N-ethyl adjacent to an activating group) is 1. The molecule has 2 aromatic rings. The highest BCUT2D eigenvalue weighted by molar-refractivity contribution is 7.99. The molecule has 2 aromatic carbocycles. The fourth-order valence-electron chi connectivity index (χ4n) is 4.15. The highest BCUT2D eigenvalue weighted by atomic mass is 32.2. The summed E-state index contributed by atoms with van der Waals surface area (Å²) in [6, 6.07) is 10.6. The number of thioether (sulfide) groups is 1. The zero-order valence-corrected chi connectivity index (χ0v) is 21.7. The maximum atomic E-state index is 5.84. The predicted octanol–water partition coefficient (Wildman–Crippen LogP) is 6.51. The van der Waals surface area contributed by atoms with Gasteiger partial charge in [0.05, 0.1) is 14.2 Å². The van der Waals surface area contributed by atoms with Crippen LogP contribution < -0.4 is 15.2 Å². The number of nitrogens with zero attached hydrogens (tertiary/aromatic N) is 1. The Morgan fingerprint density at radius 3 is 2.34 bits per heavy atom. The highest BCUT2D eigenvalue weighted by Gasteiger charge is 2.22. The molecule has 1 aliphatic heterocycles. The lowest BCUT2D eigenvalue weighted by Crippen LogP contribution is -2.26. The van der Waals surface area contributed by atoms with E-state index in [9.17, 15) is 0 Å².